The smallest absolute Gasteiger partial charge is 0.308 e. The fourth-order valence-electron chi connectivity index (χ4n) is 2.74. The molecule has 0 aliphatic heterocycles. The Kier molecular flexibility index (Phi) is 5.52. The number of nitrogens with one attached hydrogen (secondary N) is 1. The van der Waals surface area contributed by atoms with Crippen LogP contribution in [0.2, 0.25) is 5.28 Å². The Bertz CT molecular complexity index is 546. The standard InChI is InChI=1S/C14H19ClFN3O3/c1-2-22-11(20)7-14(21)5-3-4-9(6-14)18-12-10(16)8-17-13(15)19-12/h8-9,21H,2-7H2,1H3,(H,17,18,19)/t9-,14+/m0/s1. The van der Waals surface area contributed by atoms with Crippen molar-refractivity contribution in [1.82, 2.24) is 9.97 Å². The molecule has 0 unspecified atom stereocenters. The molecule has 1 saturated carbocycles. The minimum atomic E-state index is -1.14. The summed E-state index contributed by atoms with van der Waals surface area (Å²) in [5.41, 5.74) is -1.14. The molecule has 1 aromatic rings. The molecular formula is C14H19ClFN3O3. The minimum Gasteiger partial charge on any atom is -0.466 e. The van der Waals surface area contributed by atoms with E-state index in [1.165, 1.54) is 0 Å². The molecule has 1 heterocycles. The number of nitrogens with zero attached hydrogens (tertiary/aromatic N) is 2. The van der Waals surface area contributed by atoms with Gasteiger partial charge in [0.05, 0.1) is 24.8 Å². The largest absolute Gasteiger partial charge is 0.466 e. The molecular weight excluding hydrogens is 313 g/mol. The van der Waals surface area contributed by atoms with E-state index in [1.807, 2.05) is 0 Å². The first-order valence-electron chi connectivity index (χ1n) is 7.24. The number of carbonyl (C=O) groups excluding carboxylic acids is 1. The highest BCUT2D eigenvalue weighted by Gasteiger charge is 2.37. The number of carbonyl (C=O) groups is 1. The van der Waals surface area contributed by atoms with Crippen molar-refractivity contribution in [3.05, 3.63) is 17.3 Å². The Morgan fingerprint density at radius 2 is 2.45 bits per heavy atom. The number of aromatic nitrogens is 2. The minimum absolute atomic E-state index is 0.00499. The van der Waals surface area contributed by atoms with Crippen LogP contribution in [0.25, 0.3) is 0 Å². The van der Waals surface area contributed by atoms with Crippen LogP contribution in [0.5, 0.6) is 0 Å². The molecule has 1 aliphatic rings. The Morgan fingerprint density at radius 3 is 3.18 bits per heavy atom. The van der Waals surface area contributed by atoms with Crippen LogP contribution in [-0.4, -0.2) is 39.3 Å². The molecule has 1 fully saturated rings. The number of hydrogen-bond donors (Lipinski definition) is 2. The van der Waals surface area contributed by atoms with Crippen LogP contribution in [0.1, 0.15) is 39.0 Å². The summed E-state index contributed by atoms with van der Waals surface area (Å²) in [5.74, 6) is -1.03. The van der Waals surface area contributed by atoms with Gasteiger partial charge in [0.15, 0.2) is 11.6 Å². The monoisotopic (exact) mass is 331 g/mol. The number of halogens is 2. The van der Waals surface area contributed by atoms with Crippen LogP contribution < -0.4 is 5.32 Å². The van der Waals surface area contributed by atoms with Crippen molar-refractivity contribution >= 4 is 23.4 Å². The topological polar surface area (TPSA) is 84.3 Å². The molecule has 2 rings (SSSR count). The van der Waals surface area contributed by atoms with Crippen molar-refractivity contribution in [2.75, 3.05) is 11.9 Å². The lowest BCUT2D eigenvalue weighted by atomic mass is 9.79. The van der Waals surface area contributed by atoms with Crippen LogP contribution in [0.4, 0.5) is 10.2 Å². The molecule has 0 aromatic carbocycles. The molecule has 2 N–H and O–H groups in total. The molecule has 0 amide bonds. The second-order valence-electron chi connectivity index (χ2n) is 5.48. The highest BCUT2D eigenvalue weighted by atomic mass is 35.5. The normalized spacial score (nSPS) is 24.8. The number of ether oxygens (including phenoxy) is 1. The van der Waals surface area contributed by atoms with E-state index in [0.717, 1.165) is 12.6 Å². The Balaban J connectivity index is 2.01. The summed E-state index contributed by atoms with van der Waals surface area (Å²) in [6.45, 7) is 2.00. The first-order valence-corrected chi connectivity index (χ1v) is 7.62. The summed E-state index contributed by atoms with van der Waals surface area (Å²) in [6, 6.07) is -0.200. The lowest BCUT2D eigenvalue weighted by Crippen LogP contribution is -2.42. The van der Waals surface area contributed by atoms with Crippen molar-refractivity contribution in [2.24, 2.45) is 0 Å². The van der Waals surface area contributed by atoms with Crippen LogP contribution in [0, 0.1) is 5.82 Å². The van der Waals surface area contributed by atoms with Crippen molar-refractivity contribution in [2.45, 2.75) is 50.7 Å². The number of aliphatic hydroxyl groups is 1. The summed E-state index contributed by atoms with van der Waals surface area (Å²) in [7, 11) is 0. The Morgan fingerprint density at radius 1 is 1.68 bits per heavy atom. The molecule has 22 heavy (non-hydrogen) atoms. The third-order valence-corrected chi connectivity index (χ3v) is 3.84. The van der Waals surface area contributed by atoms with Crippen molar-refractivity contribution in [3.8, 4) is 0 Å². The predicted octanol–water partition coefficient (Wildman–Crippen LogP) is 2.31. The summed E-state index contributed by atoms with van der Waals surface area (Å²) >= 11 is 5.65. The van der Waals surface area contributed by atoms with Crippen LogP contribution in [0.3, 0.4) is 0 Å². The van der Waals surface area contributed by atoms with Gasteiger partial charge in [-0.25, -0.2) is 9.37 Å². The molecule has 6 nitrogen and oxygen atoms in total. The van der Waals surface area contributed by atoms with Crippen LogP contribution >= 0.6 is 11.6 Å². The number of anilines is 1. The van der Waals surface area contributed by atoms with Gasteiger partial charge in [0.1, 0.15) is 0 Å². The van der Waals surface area contributed by atoms with E-state index in [9.17, 15) is 14.3 Å². The van der Waals surface area contributed by atoms with E-state index in [2.05, 4.69) is 15.3 Å². The summed E-state index contributed by atoms with van der Waals surface area (Å²) < 4.78 is 18.5. The number of hydrogen-bond acceptors (Lipinski definition) is 6. The van der Waals surface area contributed by atoms with E-state index >= 15 is 0 Å². The third-order valence-electron chi connectivity index (χ3n) is 3.66. The van der Waals surface area contributed by atoms with Gasteiger partial charge in [-0.15, -0.1) is 0 Å². The molecule has 0 saturated heterocycles. The second kappa shape index (κ2) is 7.19. The van der Waals surface area contributed by atoms with Crippen molar-refractivity contribution in [1.29, 1.82) is 0 Å². The zero-order valence-corrected chi connectivity index (χ0v) is 13.1. The first-order chi connectivity index (χ1) is 10.4. The maximum atomic E-state index is 13.6. The molecule has 1 aliphatic carbocycles. The third kappa shape index (κ3) is 4.51. The van der Waals surface area contributed by atoms with Gasteiger partial charge in [-0.05, 0) is 44.2 Å². The zero-order valence-electron chi connectivity index (χ0n) is 12.3. The molecule has 0 radical (unpaired) electrons. The number of rotatable bonds is 5. The van der Waals surface area contributed by atoms with Gasteiger partial charge < -0.3 is 15.2 Å². The Hall–Kier alpha value is -1.47. The van der Waals surface area contributed by atoms with Crippen molar-refractivity contribution in [3.63, 3.8) is 0 Å². The van der Waals surface area contributed by atoms with Crippen molar-refractivity contribution < 1.29 is 19.0 Å². The molecule has 1 aromatic heterocycles. The Labute approximate surface area is 133 Å². The van der Waals surface area contributed by atoms with Gasteiger partial charge in [-0.2, -0.15) is 4.98 Å². The fraction of sp³-hybridized carbons (Fsp3) is 0.643. The summed E-state index contributed by atoms with van der Waals surface area (Å²) in [5, 5.41) is 13.4. The van der Waals surface area contributed by atoms with E-state index in [0.29, 0.717) is 19.3 Å². The molecule has 0 bridgehead atoms. The van der Waals surface area contributed by atoms with Gasteiger partial charge in [0.2, 0.25) is 5.28 Å². The first kappa shape index (κ1) is 16.9. The lowest BCUT2D eigenvalue weighted by molar-refractivity contribution is -0.150. The van der Waals surface area contributed by atoms with Gasteiger partial charge in [0.25, 0.3) is 0 Å². The SMILES string of the molecule is CCOC(=O)C[C@@]1(O)CCC[C@H](Nc2nc(Cl)ncc2F)C1. The second-order valence-corrected chi connectivity index (χ2v) is 5.82. The predicted molar refractivity (Wildman–Crippen MR) is 79.1 cm³/mol. The highest BCUT2D eigenvalue weighted by Crippen LogP contribution is 2.33. The molecule has 122 valence electrons. The van der Waals surface area contributed by atoms with Gasteiger partial charge >= 0.3 is 5.97 Å². The maximum absolute atomic E-state index is 13.6. The van der Waals surface area contributed by atoms with Crippen LogP contribution in [0.15, 0.2) is 6.20 Å². The summed E-state index contributed by atoms with van der Waals surface area (Å²) in [6.07, 6.45) is 3.21. The summed E-state index contributed by atoms with van der Waals surface area (Å²) in [4.78, 5) is 18.9. The van der Waals surface area contributed by atoms with E-state index < -0.39 is 17.4 Å². The van der Waals surface area contributed by atoms with Gasteiger partial charge in [-0.1, -0.05) is 0 Å². The fourth-order valence-corrected chi connectivity index (χ4v) is 2.88. The average Bonchev–Trinajstić information content (AvgIpc) is 2.42. The zero-order chi connectivity index (χ0) is 16.2. The molecule has 0 spiro atoms. The average molecular weight is 332 g/mol. The molecule has 2 atom stereocenters. The number of esters is 1. The molecule has 8 heteroatoms. The lowest BCUT2D eigenvalue weighted by Gasteiger charge is -2.36. The highest BCUT2D eigenvalue weighted by molar-refractivity contribution is 6.28. The van der Waals surface area contributed by atoms with E-state index in [1.54, 1.807) is 6.92 Å². The van der Waals surface area contributed by atoms with E-state index in [4.69, 9.17) is 16.3 Å². The van der Waals surface area contributed by atoms with Gasteiger partial charge in [0, 0.05) is 6.04 Å². The quantitative estimate of drug-likeness (QED) is 0.636. The maximum Gasteiger partial charge on any atom is 0.308 e. The van der Waals surface area contributed by atoms with E-state index in [-0.39, 0.29) is 30.2 Å². The van der Waals surface area contributed by atoms with Gasteiger partial charge in [-0.3, -0.25) is 4.79 Å². The van der Waals surface area contributed by atoms with Crippen LogP contribution in [-0.2, 0) is 9.53 Å².